The number of phenols is 2. The molecule has 12 aromatic carbocycles. The summed E-state index contributed by atoms with van der Waals surface area (Å²) in [6, 6.07) is 70.1. The van der Waals surface area contributed by atoms with Crippen LogP contribution in [0.4, 0.5) is 0 Å². The molecule has 0 aliphatic carbocycles. The largest absolute Gasteiger partial charge is 0.507 e. The van der Waals surface area contributed by atoms with Gasteiger partial charge in [-0.25, -0.2) is 0 Å². The van der Waals surface area contributed by atoms with Crippen molar-refractivity contribution in [2.24, 2.45) is 0 Å². The summed E-state index contributed by atoms with van der Waals surface area (Å²) in [7, 11) is 0. The molecule has 2 heteroatoms. The zero-order valence-electron chi connectivity index (χ0n) is 43.7. The van der Waals surface area contributed by atoms with Crippen molar-refractivity contribution in [3.05, 3.63) is 216 Å². The molecule has 2 N–H and O–H groups in total. The van der Waals surface area contributed by atoms with Crippen molar-refractivity contribution in [1.29, 1.82) is 0 Å². The molecule has 0 bridgehead atoms. The van der Waals surface area contributed by atoms with Gasteiger partial charge < -0.3 is 10.2 Å². The molecule has 12 rings (SSSR count). The molecular weight excluding hydrogens is 897 g/mol. The van der Waals surface area contributed by atoms with E-state index in [9.17, 15) is 10.2 Å². The van der Waals surface area contributed by atoms with E-state index < -0.39 is 0 Å². The first-order valence-corrected chi connectivity index (χ1v) is 26.6. The molecule has 0 radical (unpaired) electrons. The van der Waals surface area contributed by atoms with Crippen LogP contribution < -0.4 is 0 Å². The highest BCUT2D eigenvalue weighted by molar-refractivity contribution is 6.17. The van der Waals surface area contributed by atoms with Crippen molar-refractivity contribution >= 4 is 64.6 Å². The smallest absolute Gasteiger partial charge is 0.132 e. The van der Waals surface area contributed by atoms with E-state index in [2.05, 4.69) is 237 Å². The Morgan fingerprint density at radius 1 is 0.243 bits per heavy atom. The highest BCUT2D eigenvalue weighted by atomic mass is 16.3. The van der Waals surface area contributed by atoms with Crippen LogP contribution in [0.5, 0.6) is 11.5 Å². The Morgan fingerprint density at radius 3 is 0.703 bits per heavy atom. The van der Waals surface area contributed by atoms with Gasteiger partial charge in [0.1, 0.15) is 11.5 Å². The number of hydrogen-bond donors (Lipinski definition) is 2. The monoisotopic (exact) mass is 958 g/mol. The second-order valence-electron chi connectivity index (χ2n) is 21.8. The summed E-state index contributed by atoms with van der Waals surface area (Å²) in [4.78, 5) is 0. The van der Waals surface area contributed by atoms with Crippen LogP contribution in [-0.4, -0.2) is 10.2 Å². The molecule has 0 unspecified atom stereocenters. The number of benzene rings is 12. The van der Waals surface area contributed by atoms with Gasteiger partial charge in [0.25, 0.3) is 0 Å². The average Bonchev–Trinajstić information content (AvgIpc) is 3.42. The maximum atomic E-state index is 13.5. The van der Waals surface area contributed by atoms with Crippen molar-refractivity contribution in [2.75, 3.05) is 0 Å². The van der Waals surface area contributed by atoms with E-state index in [0.29, 0.717) is 11.1 Å². The molecule has 0 amide bonds. The summed E-state index contributed by atoms with van der Waals surface area (Å²) in [5, 5.41) is 40.6. The van der Waals surface area contributed by atoms with Crippen LogP contribution in [0.3, 0.4) is 0 Å². The first kappa shape index (κ1) is 46.8. The van der Waals surface area contributed by atoms with Gasteiger partial charge in [-0.05, 0) is 168 Å². The molecule has 0 heterocycles. The van der Waals surface area contributed by atoms with Gasteiger partial charge in [-0.3, -0.25) is 0 Å². The van der Waals surface area contributed by atoms with Gasteiger partial charge in [-0.15, -0.1) is 0 Å². The van der Waals surface area contributed by atoms with Crippen molar-refractivity contribution in [3.63, 3.8) is 0 Å². The fourth-order valence-electron chi connectivity index (χ4n) is 12.3. The quantitative estimate of drug-likeness (QED) is 0.142. The van der Waals surface area contributed by atoms with E-state index in [0.717, 1.165) is 43.8 Å². The molecule has 0 saturated heterocycles. The summed E-state index contributed by atoms with van der Waals surface area (Å²) < 4.78 is 0. The normalized spacial score (nSPS) is 12.1. The Bertz CT molecular complexity index is 3780. The van der Waals surface area contributed by atoms with Crippen LogP contribution in [-0.2, 0) is 0 Å². The van der Waals surface area contributed by atoms with Crippen molar-refractivity contribution in [3.8, 4) is 67.1 Å². The van der Waals surface area contributed by atoms with Crippen LogP contribution in [0, 0.1) is 0 Å². The maximum absolute atomic E-state index is 13.5. The van der Waals surface area contributed by atoms with Gasteiger partial charge in [-0.2, -0.15) is 0 Å². The van der Waals surface area contributed by atoms with E-state index in [4.69, 9.17) is 0 Å². The van der Waals surface area contributed by atoms with Crippen molar-refractivity contribution in [1.82, 2.24) is 0 Å². The Hall–Kier alpha value is -8.20. The summed E-state index contributed by atoms with van der Waals surface area (Å²) >= 11 is 0. The SMILES string of the molecule is CC(C)c1cc(-c2c3ccccc3cc3ccccc23)cc(C(C)C)c1-c1cc2ccccc2c(-c2c(O)c(-c3c(C(C)C)cc(-c4c5ccccc5cc5ccccc45)cc3C(C)C)cc3ccccc23)c1O. The van der Waals surface area contributed by atoms with Gasteiger partial charge in [0.2, 0.25) is 0 Å². The van der Waals surface area contributed by atoms with Gasteiger partial charge in [0.05, 0.1) is 0 Å². The van der Waals surface area contributed by atoms with E-state index in [1.807, 2.05) is 12.1 Å². The third-order valence-electron chi connectivity index (χ3n) is 15.8. The minimum atomic E-state index is 0.120. The highest BCUT2D eigenvalue weighted by Crippen LogP contribution is 2.55. The van der Waals surface area contributed by atoms with Crippen LogP contribution in [0.25, 0.3) is 120 Å². The molecule has 74 heavy (non-hydrogen) atoms. The van der Waals surface area contributed by atoms with Gasteiger partial charge >= 0.3 is 0 Å². The lowest BCUT2D eigenvalue weighted by atomic mass is 9.78. The third kappa shape index (κ3) is 7.61. The second kappa shape index (κ2) is 18.4. The molecule has 0 aromatic heterocycles. The fourth-order valence-corrected chi connectivity index (χ4v) is 12.3. The molecule has 12 aromatic rings. The van der Waals surface area contributed by atoms with Crippen LogP contribution in [0.15, 0.2) is 194 Å². The molecule has 0 aliphatic rings. The fraction of sp³-hybridized carbons (Fsp3) is 0.167. The first-order chi connectivity index (χ1) is 35.9. The van der Waals surface area contributed by atoms with Gasteiger partial charge in [-0.1, -0.05) is 225 Å². The highest BCUT2D eigenvalue weighted by Gasteiger charge is 2.29. The Morgan fingerprint density at radius 2 is 0.459 bits per heavy atom. The van der Waals surface area contributed by atoms with E-state index in [1.165, 1.54) is 87.6 Å². The van der Waals surface area contributed by atoms with Crippen LogP contribution in [0.1, 0.15) is 101 Å². The molecule has 0 saturated carbocycles. The zero-order chi connectivity index (χ0) is 51.1. The summed E-state index contributed by atoms with van der Waals surface area (Å²) in [5.41, 5.74) is 14.4. The Labute approximate surface area is 435 Å². The first-order valence-electron chi connectivity index (χ1n) is 26.6. The lowest BCUT2D eigenvalue weighted by Gasteiger charge is -2.26. The number of aromatic hydroxyl groups is 2. The third-order valence-corrected chi connectivity index (χ3v) is 15.8. The van der Waals surface area contributed by atoms with E-state index >= 15 is 0 Å². The van der Waals surface area contributed by atoms with Crippen LogP contribution in [0.2, 0.25) is 0 Å². The van der Waals surface area contributed by atoms with Gasteiger partial charge in [0.15, 0.2) is 0 Å². The average molecular weight is 959 g/mol. The van der Waals surface area contributed by atoms with Crippen LogP contribution >= 0.6 is 0 Å². The molecule has 0 aliphatic heterocycles. The maximum Gasteiger partial charge on any atom is 0.132 e. The van der Waals surface area contributed by atoms with Crippen molar-refractivity contribution < 1.29 is 10.2 Å². The zero-order valence-corrected chi connectivity index (χ0v) is 43.7. The summed E-state index contributed by atoms with van der Waals surface area (Å²) in [6.45, 7) is 18.1. The molecule has 0 atom stereocenters. The molecule has 0 fully saturated rings. The predicted octanol–water partition coefficient (Wildman–Crippen LogP) is 20.8. The van der Waals surface area contributed by atoms with Gasteiger partial charge in [0, 0.05) is 22.3 Å². The van der Waals surface area contributed by atoms with Crippen molar-refractivity contribution in [2.45, 2.75) is 79.1 Å². The minimum Gasteiger partial charge on any atom is -0.507 e. The molecule has 362 valence electrons. The molecular formula is C72H62O2. The lowest BCUT2D eigenvalue weighted by Crippen LogP contribution is -2.03. The Kier molecular flexibility index (Phi) is 11.6. The minimum absolute atomic E-state index is 0.120. The topological polar surface area (TPSA) is 40.5 Å². The molecule has 0 spiro atoms. The molecule has 2 nitrogen and oxygen atoms in total. The Balaban J connectivity index is 1.14. The lowest BCUT2D eigenvalue weighted by molar-refractivity contribution is 0.472. The van der Waals surface area contributed by atoms with E-state index in [-0.39, 0.29) is 35.2 Å². The second-order valence-corrected chi connectivity index (χ2v) is 21.8. The number of phenolic OH excluding ortho intramolecular Hbond substituents is 2. The standard InChI is InChI=1S/C72H62O2/c1-41(2)59-37-51(65-53-27-15-9-21-45(53)33-46-22-10-16-28-54(46)65)38-60(42(3)4)67(59)63-35-49-25-13-19-31-57(49)69(71(63)73)70-58-32-20-14-26-50(58)36-64(72(70)74)68-61(43(5)6)39-52(40-62(68)44(7)8)66-55-29-17-11-23-47(55)34-48-24-12-18-30-56(48)66/h9-44,73-74H,1-8H3. The number of hydrogen-bond acceptors (Lipinski definition) is 2. The summed E-state index contributed by atoms with van der Waals surface area (Å²) in [6.07, 6.45) is 0. The number of fused-ring (bicyclic) bond motifs is 6. The predicted molar refractivity (Wildman–Crippen MR) is 318 cm³/mol. The number of rotatable bonds is 9. The van der Waals surface area contributed by atoms with E-state index in [1.54, 1.807) is 0 Å². The summed E-state index contributed by atoms with van der Waals surface area (Å²) in [5.74, 6) is 0.812.